The predicted molar refractivity (Wildman–Crippen MR) is 168 cm³/mol. The minimum atomic E-state index is -2.91. The molecular formula is C34H34N2O3P+. The van der Waals surface area contributed by atoms with Gasteiger partial charge in [0.1, 0.15) is 21.2 Å². The molecule has 1 atom stereocenters. The van der Waals surface area contributed by atoms with Gasteiger partial charge in [0.2, 0.25) is 0 Å². The molecule has 1 aliphatic heterocycles. The number of aliphatic hydroxyl groups excluding tert-OH is 2. The first kappa shape index (κ1) is 26.5. The first-order valence-corrected chi connectivity index (χ1v) is 15.6. The minimum absolute atomic E-state index is 0.0933. The maximum absolute atomic E-state index is 14.6. The van der Waals surface area contributed by atoms with Gasteiger partial charge in [-0.3, -0.25) is 0 Å². The molecule has 0 fully saturated rings. The van der Waals surface area contributed by atoms with Crippen LogP contribution in [-0.4, -0.2) is 55.4 Å². The lowest BCUT2D eigenvalue weighted by Gasteiger charge is -2.32. The Bertz CT molecular complexity index is 1910. The quantitative estimate of drug-likeness (QED) is 0.196. The summed E-state index contributed by atoms with van der Waals surface area (Å²) in [5.41, 5.74) is 7.66. The summed E-state index contributed by atoms with van der Waals surface area (Å²) in [4.78, 5) is 2.04. The maximum Gasteiger partial charge on any atom is 0.200 e. The molecule has 0 aromatic heterocycles. The molecule has 2 N–H and O–H groups in total. The molecule has 0 saturated carbocycles. The van der Waals surface area contributed by atoms with Crippen molar-refractivity contribution in [1.82, 2.24) is 0 Å². The zero-order chi connectivity index (χ0) is 28.3. The lowest BCUT2D eigenvalue weighted by molar-refractivity contribution is -0.462. The Kier molecular flexibility index (Phi) is 6.42. The number of fused-ring (bicyclic) bond motifs is 4. The van der Waals surface area contributed by atoms with Gasteiger partial charge in [0.25, 0.3) is 0 Å². The van der Waals surface area contributed by atoms with Crippen LogP contribution >= 0.6 is 7.14 Å². The maximum atomic E-state index is 14.6. The monoisotopic (exact) mass is 549 g/mol. The van der Waals surface area contributed by atoms with Gasteiger partial charge in [-0.15, -0.1) is 0 Å². The van der Waals surface area contributed by atoms with Gasteiger partial charge in [0, 0.05) is 42.6 Å². The van der Waals surface area contributed by atoms with E-state index in [1.54, 1.807) is 0 Å². The zero-order valence-electron chi connectivity index (χ0n) is 23.6. The molecule has 1 unspecified atom stereocenters. The van der Waals surface area contributed by atoms with Crippen molar-refractivity contribution in [1.29, 1.82) is 0 Å². The molecule has 0 saturated heterocycles. The molecule has 40 heavy (non-hydrogen) atoms. The van der Waals surface area contributed by atoms with Gasteiger partial charge in [0.15, 0.2) is 5.71 Å². The van der Waals surface area contributed by atoms with Gasteiger partial charge in [-0.1, -0.05) is 42.5 Å². The van der Waals surface area contributed by atoms with Crippen LogP contribution in [0.3, 0.4) is 0 Å². The van der Waals surface area contributed by atoms with E-state index in [2.05, 4.69) is 54.6 Å². The standard InChI is InChI=1S/C34H34N2O3P/c1-35(2)22-11-14-27-32(17-22)40(5,39)33-18-23(36(3)4)12-15-28(33)34(27)21-10-13-26-29(16-21)31(20-38)25-9-7-6-8-24(25)30(26)19-37/h6-18,37-38H,19-20H2,1-5H3/q+1. The van der Waals surface area contributed by atoms with Crippen molar-refractivity contribution in [2.45, 2.75) is 13.2 Å². The summed E-state index contributed by atoms with van der Waals surface area (Å²) in [5.74, 6) is 0. The average molecular weight is 550 g/mol. The summed E-state index contributed by atoms with van der Waals surface area (Å²) in [5, 5.41) is 26.4. The van der Waals surface area contributed by atoms with Gasteiger partial charge in [-0.25, -0.2) is 4.58 Å². The summed E-state index contributed by atoms with van der Waals surface area (Å²) < 4.78 is 16.7. The SMILES string of the molecule is CN(C)c1ccc2c(c1)P(C)(=O)C1=CC(=[N+](C)C)C=CC1=C2c1ccc2c(CO)c3ccccc3c(CO)c2c1. The van der Waals surface area contributed by atoms with Crippen LogP contribution in [0.25, 0.3) is 27.1 Å². The molecular weight excluding hydrogens is 515 g/mol. The third-order valence-electron chi connectivity index (χ3n) is 8.31. The van der Waals surface area contributed by atoms with Gasteiger partial charge < -0.3 is 19.7 Å². The van der Waals surface area contributed by atoms with Gasteiger partial charge in [-0.05, 0) is 85.9 Å². The number of hydrogen-bond acceptors (Lipinski definition) is 4. The number of hydrogen-bond donors (Lipinski definition) is 2. The molecule has 0 spiro atoms. The van der Waals surface area contributed by atoms with Crippen molar-refractivity contribution >= 4 is 51.0 Å². The van der Waals surface area contributed by atoms with Crippen LogP contribution in [0.5, 0.6) is 0 Å². The summed E-state index contributed by atoms with van der Waals surface area (Å²) in [6.07, 6.45) is 6.24. The Hall–Kier alpha value is -3.76. The molecule has 2 aliphatic rings. The summed E-state index contributed by atoms with van der Waals surface area (Å²) in [6, 6.07) is 20.4. The number of anilines is 1. The predicted octanol–water partition coefficient (Wildman–Crippen LogP) is 5.64. The number of aliphatic hydroxyl groups is 2. The van der Waals surface area contributed by atoms with E-state index in [0.29, 0.717) is 0 Å². The molecule has 1 heterocycles. The van der Waals surface area contributed by atoms with Crippen molar-refractivity contribution in [2.24, 2.45) is 0 Å². The summed E-state index contributed by atoms with van der Waals surface area (Å²) >= 11 is 0. The molecule has 1 aliphatic carbocycles. The van der Waals surface area contributed by atoms with Crippen molar-refractivity contribution < 1.29 is 19.4 Å². The molecule has 6 heteroatoms. The van der Waals surface area contributed by atoms with E-state index >= 15 is 0 Å². The highest BCUT2D eigenvalue weighted by Crippen LogP contribution is 2.60. The van der Waals surface area contributed by atoms with E-state index in [1.807, 2.05) is 68.6 Å². The van der Waals surface area contributed by atoms with E-state index in [0.717, 1.165) is 77.0 Å². The molecule has 4 aromatic rings. The highest BCUT2D eigenvalue weighted by molar-refractivity contribution is 7.75. The molecule has 5 nitrogen and oxygen atoms in total. The highest BCUT2D eigenvalue weighted by atomic mass is 31.2. The fourth-order valence-corrected chi connectivity index (χ4v) is 8.47. The largest absolute Gasteiger partial charge is 0.392 e. The Balaban J connectivity index is 1.72. The van der Waals surface area contributed by atoms with Crippen LogP contribution in [0.2, 0.25) is 0 Å². The molecule has 6 rings (SSSR count). The van der Waals surface area contributed by atoms with Crippen LogP contribution in [0.1, 0.15) is 22.3 Å². The van der Waals surface area contributed by atoms with E-state index in [9.17, 15) is 14.8 Å². The second-order valence-electron chi connectivity index (χ2n) is 11.1. The second-order valence-corrected chi connectivity index (χ2v) is 13.9. The third kappa shape index (κ3) is 3.92. The van der Waals surface area contributed by atoms with E-state index < -0.39 is 7.14 Å². The van der Waals surface area contributed by atoms with E-state index in [-0.39, 0.29) is 13.2 Å². The Morgan fingerprint density at radius 3 is 2.10 bits per heavy atom. The first-order valence-electron chi connectivity index (χ1n) is 13.4. The topological polar surface area (TPSA) is 63.8 Å². The third-order valence-corrected chi connectivity index (χ3v) is 10.9. The van der Waals surface area contributed by atoms with Gasteiger partial charge in [-0.2, -0.15) is 0 Å². The van der Waals surface area contributed by atoms with Crippen molar-refractivity contribution in [3.05, 3.63) is 112 Å². The molecule has 0 amide bonds. The molecule has 4 aromatic carbocycles. The van der Waals surface area contributed by atoms with Crippen LogP contribution in [0, 0.1) is 0 Å². The average Bonchev–Trinajstić information content (AvgIpc) is 2.95. The number of allylic oxidation sites excluding steroid dienone is 5. The van der Waals surface area contributed by atoms with Crippen molar-refractivity contribution in [2.75, 3.05) is 39.8 Å². The van der Waals surface area contributed by atoms with Crippen molar-refractivity contribution in [3.63, 3.8) is 0 Å². The van der Waals surface area contributed by atoms with E-state index in [1.165, 1.54) is 0 Å². The summed E-state index contributed by atoms with van der Waals surface area (Å²) in [6.45, 7) is 1.67. The lowest BCUT2D eigenvalue weighted by Crippen LogP contribution is -2.23. The van der Waals surface area contributed by atoms with E-state index in [4.69, 9.17) is 0 Å². The second kappa shape index (κ2) is 9.71. The van der Waals surface area contributed by atoms with Crippen LogP contribution < -0.4 is 10.2 Å². The molecule has 0 radical (unpaired) electrons. The zero-order valence-corrected chi connectivity index (χ0v) is 24.5. The number of rotatable bonds is 4. The van der Waals surface area contributed by atoms with Gasteiger partial charge in [0.05, 0.1) is 13.2 Å². The fourth-order valence-electron chi connectivity index (χ4n) is 6.16. The highest BCUT2D eigenvalue weighted by Gasteiger charge is 2.38. The smallest absolute Gasteiger partial charge is 0.200 e. The number of nitrogens with zero attached hydrogens (tertiary/aromatic N) is 2. The lowest BCUT2D eigenvalue weighted by atomic mass is 9.86. The van der Waals surface area contributed by atoms with Gasteiger partial charge >= 0.3 is 0 Å². The molecule has 0 bridgehead atoms. The van der Waals surface area contributed by atoms with Crippen molar-refractivity contribution in [3.8, 4) is 0 Å². The van der Waals surface area contributed by atoms with Crippen LogP contribution in [0.4, 0.5) is 5.69 Å². The minimum Gasteiger partial charge on any atom is -0.392 e. The Labute approximate surface area is 235 Å². The first-order chi connectivity index (χ1) is 19.2. The fraction of sp³-hybridized carbons (Fsp3) is 0.206. The Morgan fingerprint density at radius 2 is 1.48 bits per heavy atom. The normalized spacial score (nSPS) is 18.2. The summed E-state index contributed by atoms with van der Waals surface area (Å²) in [7, 11) is 5.07. The Morgan fingerprint density at radius 1 is 0.825 bits per heavy atom. The molecule has 202 valence electrons. The van der Waals surface area contributed by atoms with Crippen LogP contribution in [-0.2, 0) is 17.8 Å². The number of benzene rings is 4. The van der Waals surface area contributed by atoms with Crippen LogP contribution in [0.15, 0.2) is 89.8 Å².